The molecule has 5 N–H and O–H groups in total. The molecule has 30 heavy (non-hydrogen) atoms. The van der Waals surface area contributed by atoms with Crippen LogP contribution in [0.2, 0.25) is 0 Å². The molecule has 0 aliphatic carbocycles. The van der Waals surface area contributed by atoms with E-state index in [1.54, 1.807) is 18.3 Å². The van der Waals surface area contributed by atoms with Gasteiger partial charge in [-0.15, -0.1) is 0 Å². The topological polar surface area (TPSA) is 150 Å². The van der Waals surface area contributed by atoms with E-state index in [4.69, 9.17) is 5.73 Å². The highest BCUT2D eigenvalue weighted by Crippen LogP contribution is 2.28. The van der Waals surface area contributed by atoms with Gasteiger partial charge < -0.3 is 20.9 Å². The van der Waals surface area contributed by atoms with E-state index in [0.717, 1.165) is 16.8 Å². The number of aromatic nitrogens is 2. The molecule has 2 atom stereocenters. The zero-order chi connectivity index (χ0) is 21.3. The predicted octanol–water partition coefficient (Wildman–Crippen LogP) is -0.643. The van der Waals surface area contributed by atoms with Gasteiger partial charge in [0.25, 0.3) is 5.91 Å². The summed E-state index contributed by atoms with van der Waals surface area (Å²) in [6, 6.07) is 3.97. The molecule has 3 heterocycles. The van der Waals surface area contributed by atoms with Crippen LogP contribution in [0.4, 0.5) is 0 Å². The molecule has 2 aliphatic rings. The minimum absolute atomic E-state index is 0.215. The first-order chi connectivity index (χ1) is 14.4. The predicted molar refractivity (Wildman–Crippen MR) is 105 cm³/mol. The maximum absolute atomic E-state index is 12.7. The molecular formula is C20H22N6O4. The lowest BCUT2D eigenvalue weighted by molar-refractivity contribution is -0.137. The number of imide groups is 1. The van der Waals surface area contributed by atoms with Crippen LogP contribution >= 0.6 is 0 Å². The van der Waals surface area contributed by atoms with E-state index < -0.39 is 18.0 Å². The summed E-state index contributed by atoms with van der Waals surface area (Å²) < 4.78 is 0. The lowest BCUT2D eigenvalue weighted by Crippen LogP contribution is -2.52. The van der Waals surface area contributed by atoms with E-state index in [1.807, 2.05) is 6.07 Å². The molecular weight excluding hydrogens is 388 g/mol. The number of H-pyrrole nitrogens is 1. The average Bonchev–Trinajstić information content (AvgIpc) is 3.34. The first-order valence-electron chi connectivity index (χ1n) is 9.69. The number of fused-ring (bicyclic) bond motifs is 1. The molecule has 4 rings (SSSR count). The first-order valence-corrected chi connectivity index (χ1v) is 9.69. The Bertz CT molecular complexity index is 1000. The average molecular weight is 410 g/mol. The smallest absolute Gasteiger partial charge is 0.255 e. The molecule has 10 nitrogen and oxygen atoms in total. The van der Waals surface area contributed by atoms with E-state index in [1.165, 1.54) is 11.2 Å². The largest absolute Gasteiger partial charge is 0.351 e. The van der Waals surface area contributed by atoms with E-state index in [9.17, 15) is 19.2 Å². The van der Waals surface area contributed by atoms with Crippen LogP contribution in [-0.4, -0.2) is 50.6 Å². The third-order valence-electron chi connectivity index (χ3n) is 5.39. The number of benzene rings is 1. The van der Waals surface area contributed by atoms with Crippen LogP contribution in [0.3, 0.4) is 0 Å². The van der Waals surface area contributed by atoms with Crippen molar-refractivity contribution in [1.29, 1.82) is 0 Å². The summed E-state index contributed by atoms with van der Waals surface area (Å²) in [5.74, 6) is -1.27. The molecule has 1 fully saturated rings. The van der Waals surface area contributed by atoms with Gasteiger partial charge >= 0.3 is 0 Å². The van der Waals surface area contributed by atoms with E-state index in [-0.39, 0.29) is 30.7 Å². The number of nitrogens with two attached hydrogens (primary N) is 1. The molecule has 1 aromatic carbocycles. The fraction of sp³-hybridized carbons (Fsp3) is 0.350. The van der Waals surface area contributed by atoms with Gasteiger partial charge in [-0.05, 0) is 23.6 Å². The Kier molecular flexibility index (Phi) is 5.32. The molecule has 4 amide bonds. The first kappa shape index (κ1) is 19.8. The molecule has 0 spiro atoms. The Morgan fingerprint density at radius 1 is 1.33 bits per heavy atom. The third kappa shape index (κ3) is 3.94. The molecule has 1 saturated heterocycles. The van der Waals surface area contributed by atoms with Crippen molar-refractivity contribution in [2.24, 2.45) is 5.73 Å². The number of imidazole rings is 1. The van der Waals surface area contributed by atoms with E-state index in [0.29, 0.717) is 24.9 Å². The fourth-order valence-corrected chi connectivity index (χ4v) is 3.78. The van der Waals surface area contributed by atoms with Crippen LogP contribution in [0.15, 0.2) is 30.7 Å². The number of amides is 4. The second-order valence-electron chi connectivity index (χ2n) is 7.50. The second kappa shape index (κ2) is 8.07. The quantitative estimate of drug-likeness (QED) is 0.465. The minimum atomic E-state index is -0.704. The molecule has 2 aliphatic heterocycles. The number of carbonyl (C=O) groups excluding carboxylic acids is 4. The number of carbonyl (C=O) groups is 4. The van der Waals surface area contributed by atoms with Crippen molar-refractivity contribution in [2.75, 3.05) is 0 Å². The van der Waals surface area contributed by atoms with Crippen LogP contribution in [-0.2, 0) is 33.9 Å². The summed E-state index contributed by atoms with van der Waals surface area (Å²) in [4.78, 5) is 56.7. The van der Waals surface area contributed by atoms with Gasteiger partial charge in [0, 0.05) is 43.4 Å². The highest BCUT2D eigenvalue weighted by atomic mass is 16.2. The van der Waals surface area contributed by atoms with Crippen LogP contribution in [0.5, 0.6) is 0 Å². The summed E-state index contributed by atoms with van der Waals surface area (Å²) in [5, 5.41) is 5.09. The fourth-order valence-electron chi connectivity index (χ4n) is 3.78. The van der Waals surface area contributed by atoms with Gasteiger partial charge in [0.1, 0.15) is 6.04 Å². The Morgan fingerprint density at radius 3 is 2.90 bits per heavy atom. The van der Waals surface area contributed by atoms with Crippen LogP contribution < -0.4 is 16.4 Å². The van der Waals surface area contributed by atoms with Gasteiger partial charge in [-0.1, -0.05) is 12.1 Å². The monoisotopic (exact) mass is 410 g/mol. The SMILES string of the molecule is NC(Cc1cnc[nH]1)C(=O)NCc1ccc2c(c1)CN([C@@H]1CCC(=O)NC1=O)C2=O. The van der Waals surface area contributed by atoms with Crippen molar-refractivity contribution in [2.45, 2.75) is 44.4 Å². The zero-order valence-electron chi connectivity index (χ0n) is 16.2. The van der Waals surface area contributed by atoms with E-state index >= 15 is 0 Å². The Hall–Kier alpha value is -3.53. The van der Waals surface area contributed by atoms with Gasteiger partial charge in [-0.2, -0.15) is 0 Å². The normalized spacial score (nSPS) is 19.4. The molecule has 10 heteroatoms. The van der Waals surface area contributed by atoms with Crippen LogP contribution in [0, 0.1) is 0 Å². The molecule has 1 aromatic heterocycles. The summed E-state index contributed by atoms with van der Waals surface area (Å²) in [7, 11) is 0. The highest BCUT2D eigenvalue weighted by Gasteiger charge is 2.39. The molecule has 0 saturated carbocycles. The molecule has 156 valence electrons. The lowest BCUT2D eigenvalue weighted by Gasteiger charge is -2.29. The highest BCUT2D eigenvalue weighted by molar-refractivity contribution is 6.05. The number of nitrogens with one attached hydrogen (secondary N) is 3. The number of nitrogens with zero attached hydrogens (tertiary/aromatic N) is 2. The zero-order valence-corrected chi connectivity index (χ0v) is 16.2. The summed E-state index contributed by atoms with van der Waals surface area (Å²) >= 11 is 0. The van der Waals surface area contributed by atoms with Crippen molar-refractivity contribution < 1.29 is 19.2 Å². The number of aromatic amines is 1. The van der Waals surface area contributed by atoms with Gasteiger partial charge in [0.2, 0.25) is 17.7 Å². The molecule has 2 aromatic rings. The van der Waals surface area contributed by atoms with Crippen molar-refractivity contribution in [1.82, 2.24) is 25.5 Å². The van der Waals surface area contributed by atoms with E-state index in [2.05, 4.69) is 20.6 Å². The number of hydrogen-bond acceptors (Lipinski definition) is 6. The standard InChI is InChI=1S/C20H22N6O4/c21-15(6-13-8-22-10-24-13)18(28)23-7-11-1-2-14-12(5-11)9-26(20(14)30)16-3-4-17(27)25-19(16)29/h1-2,5,8,10,15-16H,3-4,6-7,9,21H2,(H,22,24)(H,23,28)(H,25,27,29)/t15?,16-/m1/s1. The van der Waals surface area contributed by atoms with Crippen LogP contribution in [0.25, 0.3) is 0 Å². The Balaban J connectivity index is 1.37. The molecule has 1 unspecified atom stereocenters. The number of piperidine rings is 1. The van der Waals surface area contributed by atoms with Crippen molar-refractivity contribution in [3.05, 3.63) is 53.1 Å². The lowest BCUT2D eigenvalue weighted by atomic mass is 10.0. The Morgan fingerprint density at radius 2 is 2.17 bits per heavy atom. The third-order valence-corrected chi connectivity index (χ3v) is 5.39. The van der Waals surface area contributed by atoms with Gasteiger partial charge in [-0.3, -0.25) is 24.5 Å². The van der Waals surface area contributed by atoms with Crippen molar-refractivity contribution >= 4 is 23.6 Å². The maximum Gasteiger partial charge on any atom is 0.255 e. The van der Waals surface area contributed by atoms with Gasteiger partial charge in [0.05, 0.1) is 12.4 Å². The van der Waals surface area contributed by atoms with Crippen LogP contribution in [0.1, 0.15) is 40.0 Å². The van der Waals surface area contributed by atoms with Gasteiger partial charge in [-0.25, -0.2) is 4.98 Å². The number of hydrogen-bond donors (Lipinski definition) is 4. The summed E-state index contributed by atoms with van der Waals surface area (Å²) in [6.45, 7) is 0.566. The summed E-state index contributed by atoms with van der Waals surface area (Å²) in [6.07, 6.45) is 4.04. The second-order valence-corrected chi connectivity index (χ2v) is 7.50. The summed E-state index contributed by atoms with van der Waals surface area (Å²) in [5.41, 5.74) is 8.86. The van der Waals surface area contributed by atoms with Crippen molar-refractivity contribution in [3.8, 4) is 0 Å². The molecule has 0 bridgehead atoms. The maximum atomic E-state index is 12.7. The minimum Gasteiger partial charge on any atom is -0.351 e. The van der Waals surface area contributed by atoms with Gasteiger partial charge in [0.15, 0.2) is 0 Å². The Labute approximate surface area is 172 Å². The van der Waals surface area contributed by atoms with Crippen molar-refractivity contribution in [3.63, 3.8) is 0 Å². The number of rotatable bonds is 6. The molecule has 0 radical (unpaired) electrons.